The van der Waals surface area contributed by atoms with Gasteiger partial charge in [0.2, 0.25) is 0 Å². The van der Waals surface area contributed by atoms with Crippen molar-refractivity contribution in [3.8, 4) is 5.75 Å². The molecule has 0 spiro atoms. The Morgan fingerprint density at radius 2 is 1.96 bits per heavy atom. The van der Waals surface area contributed by atoms with Gasteiger partial charge in [-0.15, -0.1) is 0 Å². The maximum atomic E-state index is 13.5. The van der Waals surface area contributed by atoms with Gasteiger partial charge in [-0.3, -0.25) is 19.3 Å². The summed E-state index contributed by atoms with van der Waals surface area (Å²) in [5.74, 6) is 2.30. The van der Waals surface area contributed by atoms with Gasteiger partial charge in [0, 0.05) is 75.5 Å². The van der Waals surface area contributed by atoms with E-state index in [1.165, 1.54) is 69.4 Å². The van der Waals surface area contributed by atoms with E-state index in [0.29, 0.717) is 43.0 Å². The van der Waals surface area contributed by atoms with Crippen LogP contribution >= 0.6 is 11.6 Å². The van der Waals surface area contributed by atoms with Gasteiger partial charge in [0.05, 0.1) is 17.5 Å². The number of hydrogen-bond acceptors (Lipinski definition) is 7. The molecule has 4 aliphatic rings. The van der Waals surface area contributed by atoms with E-state index in [1.807, 2.05) is 25.1 Å². The highest BCUT2D eigenvalue weighted by Crippen LogP contribution is 2.44. The number of amides is 1. The molecular weight excluding hydrogens is 704 g/mol. The average Bonchev–Trinajstić information content (AvgIpc) is 3.33. The Morgan fingerprint density at radius 3 is 2.74 bits per heavy atom. The lowest BCUT2D eigenvalue weighted by atomic mass is 9.66. The molecule has 2 aromatic carbocycles. The first-order valence-corrected chi connectivity index (χ1v) is 22.0. The lowest BCUT2D eigenvalue weighted by Crippen LogP contribution is -2.56. The smallest absolute Gasteiger partial charge is 0.263 e. The molecule has 10 heteroatoms. The summed E-state index contributed by atoms with van der Waals surface area (Å²) in [7, 11) is 0.114. The SMILES string of the molecule is CC/C=C/C(CN1CCN2CCCCC2C1)C1CCC1CN1CC(c2ccc(Cl)cc2CCC)COc2ccc(C(=O)NS(=O)C(C)CCOC)cc21. The fourth-order valence-corrected chi connectivity index (χ4v) is 10.1. The number of piperazine rings is 1. The van der Waals surface area contributed by atoms with E-state index in [9.17, 15) is 9.00 Å². The Balaban J connectivity index is 1.25. The molecule has 2 saturated heterocycles. The van der Waals surface area contributed by atoms with Crippen LogP contribution in [0.3, 0.4) is 0 Å². The second kappa shape index (κ2) is 19.4. The zero-order valence-electron chi connectivity index (χ0n) is 32.6. The minimum Gasteiger partial charge on any atom is -0.491 e. The van der Waals surface area contributed by atoms with Crippen LogP contribution in [-0.4, -0.2) is 97.3 Å². The quantitative estimate of drug-likeness (QED) is 0.175. The molecule has 7 unspecified atom stereocenters. The predicted molar refractivity (Wildman–Crippen MR) is 219 cm³/mol. The number of ether oxygens (including phenoxy) is 2. The van der Waals surface area contributed by atoms with Gasteiger partial charge in [0.15, 0.2) is 0 Å². The molecule has 7 atom stereocenters. The number of fused-ring (bicyclic) bond motifs is 2. The first-order chi connectivity index (χ1) is 25.8. The lowest BCUT2D eigenvalue weighted by molar-refractivity contribution is 0.0283. The summed E-state index contributed by atoms with van der Waals surface area (Å²) in [4.78, 5) is 21.5. The van der Waals surface area contributed by atoms with Crippen molar-refractivity contribution < 1.29 is 18.5 Å². The number of carbonyl (C=O) groups excluding carboxylic acids is 1. The minimum absolute atomic E-state index is 0.147. The molecule has 2 aromatic rings. The van der Waals surface area contributed by atoms with Gasteiger partial charge in [-0.25, -0.2) is 4.21 Å². The predicted octanol–water partition coefficient (Wildman–Crippen LogP) is 7.87. The lowest BCUT2D eigenvalue weighted by Gasteiger charge is -2.48. The van der Waals surface area contributed by atoms with Crippen LogP contribution in [0.5, 0.6) is 5.75 Å². The summed E-state index contributed by atoms with van der Waals surface area (Å²) < 4.78 is 27.5. The standard InChI is InChI=1S/C43H63ClN4O4S/c1-5-7-11-34(26-46-21-22-47-20-9-8-12-38(47)29-46)40-16-13-35(40)27-48-28-36(39-17-15-37(44)24-32(39)10-6-2)30-52-42-18-14-33(25-41(42)48)43(49)45-53(50)31(3)19-23-51-4/h7,11,14-15,17-18,24-25,31,34-36,38,40H,5-6,8-10,12-13,16,19-23,26-30H2,1-4H3,(H,45,49)/b11-7+. The summed E-state index contributed by atoms with van der Waals surface area (Å²) in [5.41, 5.74) is 4.03. The van der Waals surface area contributed by atoms with Gasteiger partial charge in [-0.1, -0.05) is 56.5 Å². The Morgan fingerprint density at radius 1 is 1.09 bits per heavy atom. The van der Waals surface area contributed by atoms with Crippen molar-refractivity contribution in [3.05, 3.63) is 70.3 Å². The van der Waals surface area contributed by atoms with E-state index in [1.54, 1.807) is 13.2 Å². The zero-order valence-corrected chi connectivity index (χ0v) is 34.1. The van der Waals surface area contributed by atoms with E-state index in [0.717, 1.165) is 61.4 Å². The van der Waals surface area contributed by atoms with Crippen LogP contribution in [0.25, 0.3) is 0 Å². The summed E-state index contributed by atoms with van der Waals surface area (Å²) in [6.07, 6.45) is 15.1. The first-order valence-electron chi connectivity index (χ1n) is 20.4. The molecule has 6 rings (SSSR count). The summed E-state index contributed by atoms with van der Waals surface area (Å²) >= 11 is 6.51. The Bertz CT molecular complexity index is 1570. The molecule has 0 aromatic heterocycles. The molecule has 8 nitrogen and oxygen atoms in total. The van der Waals surface area contributed by atoms with Gasteiger partial charge >= 0.3 is 0 Å². The number of carbonyl (C=O) groups is 1. The number of anilines is 1. The molecule has 3 fully saturated rings. The van der Waals surface area contributed by atoms with Crippen LogP contribution in [0.4, 0.5) is 5.69 Å². The van der Waals surface area contributed by atoms with E-state index < -0.39 is 11.0 Å². The van der Waals surface area contributed by atoms with Gasteiger partial charge in [0.25, 0.3) is 5.91 Å². The van der Waals surface area contributed by atoms with Crippen molar-refractivity contribution >= 4 is 34.2 Å². The topological polar surface area (TPSA) is 74.4 Å². The highest BCUT2D eigenvalue weighted by atomic mass is 35.5. The maximum absolute atomic E-state index is 13.5. The number of rotatable bonds is 16. The van der Waals surface area contributed by atoms with Crippen molar-refractivity contribution in [3.63, 3.8) is 0 Å². The molecule has 0 radical (unpaired) electrons. The average molecular weight is 768 g/mol. The number of piperidine rings is 1. The maximum Gasteiger partial charge on any atom is 0.263 e. The molecule has 0 bridgehead atoms. The largest absolute Gasteiger partial charge is 0.491 e. The monoisotopic (exact) mass is 766 g/mol. The Labute approximate surface area is 326 Å². The fraction of sp³-hybridized carbons (Fsp3) is 0.651. The number of allylic oxidation sites excluding steroid dienone is 1. The molecule has 1 N–H and O–H groups in total. The molecule has 1 aliphatic carbocycles. The van der Waals surface area contributed by atoms with Crippen molar-refractivity contribution in [1.29, 1.82) is 0 Å². The highest BCUT2D eigenvalue weighted by molar-refractivity contribution is 7.84. The van der Waals surface area contributed by atoms with Crippen LogP contribution in [0.2, 0.25) is 5.02 Å². The van der Waals surface area contributed by atoms with Crippen molar-refractivity contribution in [2.45, 2.75) is 95.8 Å². The van der Waals surface area contributed by atoms with E-state index in [4.69, 9.17) is 21.1 Å². The summed E-state index contributed by atoms with van der Waals surface area (Å²) in [5, 5.41) is 0.554. The number of methoxy groups -OCH3 is 1. The number of nitrogens with one attached hydrogen (secondary N) is 1. The molecule has 292 valence electrons. The van der Waals surface area contributed by atoms with Crippen LogP contribution < -0.4 is 14.4 Å². The second-order valence-electron chi connectivity index (χ2n) is 16.0. The zero-order chi connectivity index (χ0) is 37.3. The fourth-order valence-electron chi connectivity index (χ4n) is 9.10. The third kappa shape index (κ3) is 10.3. The molecule has 3 heterocycles. The van der Waals surface area contributed by atoms with Crippen LogP contribution in [0, 0.1) is 17.8 Å². The molecule has 1 amide bonds. The Hall–Kier alpha value is -2.43. The molecule has 3 aliphatic heterocycles. The minimum atomic E-state index is -1.52. The summed E-state index contributed by atoms with van der Waals surface area (Å²) in [6, 6.07) is 12.7. The van der Waals surface area contributed by atoms with Crippen molar-refractivity contribution in [2.24, 2.45) is 17.8 Å². The molecular formula is C43H63ClN4O4S. The Kier molecular flexibility index (Phi) is 14.8. The number of hydrogen-bond donors (Lipinski definition) is 1. The van der Waals surface area contributed by atoms with Crippen LogP contribution in [0.15, 0.2) is 48.6 Å². The third-order valence-electron chi connectivity index (χ3n) is 12.3. The summed E-state index contributed by atoms with van der Waals surface area (Å²) in [6.45, 7) is 15.1. The van der Waals surface area contributed by atoms with Crippen LogP contribution in [-0.2, 0) is 22.1 Å². The highest BCUT2D eigenvalue weighted by Gasteiger charge is 2.40. The van der Waals surface area contributed by atoms with Crippen molar-refractivity contribution in [2.75, 3.05) is 71.0 Å². The van der Waals surface area contributed by atoms with Gasteiger partial charge in [0.1, 0.15) is 16.7 Å². The molecule has 53 heavy (non-hydrogen) atoms. The van der Waals surface area contributed by atoms with E-state index in [-0.39, 0.29) is 17.1 Å². The van der Waals surface area contributed by atoms with E-state index in [2.05, 4.69) is 57.6 Å². The van der Waals surface area contributed by atoms with Gasteiger partial charge in [-0.2, -0.15) is 0 Å². The van der Waals surface area contributed by atoms with Crippen molar-refractivity contribution in [1.82, 2.24) is 14.5 Å². The number of aryl methyl sites for hydroxylation is 1. The van der Waals surface area contributed by atoms with E-state index >= 15 is 0 Å². The van der Waals surface area contributed by atoms with Crippen LogP contribution in [0.1, 0.15) is 99.5 Å². The number of halogens is 1. The number of benzene rings is 2. The normalized spacial score (nSPS) is 25.4. The first kappa shape index (κ1) is 40.2. The third-order valence-corrected chi connectivity index (χ3v) is 13.9. The van der Waals surface area contributed by atoms with Gasteiger partial charge < -0.3 is 14.4 Å². The second-order valence-corrected chi connectivity index (χ2v) is 18.0. The molecule has 1 saturated carbocycles. The van der Waals surface area contributed by atoms with Gasteiger partial charge in [-0.05, 0) is 118 Å². The number of nitrogens with zero attached hydrogens (tertiary/aromatic N) is 3.